The average Bonchev–Trinajstić information content (AvgIpc) is 3.78. The molecular weight excluding hydrogens is 904 g/mol. The van der Waals surface area contributed by atoms with Crippen LogP contribution in [0.5, 0.6) is 0 Å². The van der Waals surface area contributed by atoms with E-state index in [-0.39, 0.29) is 56.7 Å². The number of hydrogen-bond acceptors (Lipinski definition) is 9. The van der Waals surface area contributed by atoms with E-state index in [1.807, 2.05) is 0 Å². The number of nitrogens with zero attached hydrogens (tertiary/aromatic N) is 6. The minimum Gasteiger partial charge on any atom is -0.355 e. The smallest absolute Gasteiger partial charge is 0.293 e. The Morgan fingerprint density at radius 3 is 2.35 bits per heavy atom. The highest BCUT2D eigenvalue weighted by molar-refractivity contribution is 7.89. The number of hydrogen-bond donors (Lipinski definition) is 3. The molecule has 0 radical (unpaired) electrons. The summed E-state index contributed by atoms with van der Waals surface area (Å²) >= 11 is 6.70. The summed E-state index contributed by atoms with van der Waals surface area (Å²) in [6.45, 7) is -0.991. The average molecular weight is 940 g/mol. The summed E-state index contributed by atoms with van der Waals surface area (Å²) < 4.78 is 118. The summed E-state index contributed by atoms with van der Waals surface area (Å²) in [5, 5.41) is 14.9. The second-order valence-corrected chi connectivity index (χ2v) is 18.5. The summed E-state index contributed by atoms with van der Waals surface area (Å²) in [6.07, 6.45) is 0.106. The third-order valence-corrected chi connectivity index (χ3v) is 12.9. The topological polar surface area (TPSA) is 173 Å². The van der Waals surface area contributed by atoms with Crippen LogP contribution in [0.3, 0.4) is 0 Å². The Labute approximate surface area is 370 Å². The lowest BCUT2D eigenvalue weighted by Crippen LogP contribution is -2.44. The summed E-state index contributed by atoms with van der Waals surface area (Å²) in [6, 6.07) is 11.3. The third kappa shape index (κ3) is 7.83. The molecule has 1 fully saturated rings. The summed E-state index contributed by atoms with van der Waals surface area (Å²) in [7, 11) is -0.905. The Hall–Kier alpha value is -6.48. The number of sulfonamides is 1. The number of carbonyl (C=O) groups excluding carboxylic acids is 2. The van der Waals surface area contributed by atoms with Gasteiger partial charge in [-0.25, -0.2) is 31.0 Å². The molecule has 0 spiro atoms. The lowest BCUT2D eigenvalue weighted by atomic mass is 9.91. The van der Waals surface area contributed by atoms with Crippen molar-refractivity contribution in [3.05, 3.63) is 134 Å². The number of carbonyl (C=O) groups is 2. The van der Waals surface area contributed by atoms with Crippen molar-refractivity contribution >= 4 is 55.9 Å². The SMILES string of the molecule is CNC(=O)c1ccc(-c2ccc3c(=O)n(C4=CC=C(Cl)C5C(NS(C)(=O)=O)=NN(C)C45)c([C@H](Cc4cc(F)cc(F)c4)NC(=O)Cn4nc(C(F)F)c5c4C(F)(F)[C@@H]4C[C@H]54)nc3c2)cc1. The molecule has 65 heavy (non-hydrogen) atoms. The zero-order chi connectivity index (χ0) is 46.4. The maximum atomic E-state index is 15.6. The molecule has 2 amide bonds. The predicted molar refractivity (Wildman–Crippen MR) is 226 cm³/mol. The Balaban J connectivity index is 1.21. The largest absolute Gasteiger partial charge is 0.355 e. The monoisotopic (exact) mass is 939 g/mol. The van der Waals surface area contributed by atoms with Crippen LogP contribution < -0.4 is 20.9 Å². The Morgan fingerprint density at radius 1 is 1.00 bits per heavy atom. The molecule has 0 saturated heterocycles. The standard InChI is InChI=1S/C43H36ClF6N9O5S/c1-51-41(61)21-6-4-20(5-7-21)22-8-9-25-29(15-22)53-40(59(42(25)62)31-11-10-28(44)34-36(31)57(2)55-39(34)56-65(3,63)64)30(14-19-12-23(45)16-24(46)13-19)52-32(60)18-58-37-33(35(54-58)38(47)48)26-17-27(26)43(37,49)50/h4-13,15-16,26-27,30,34,36,38H,14,17-18H2,1-3H3,(H,51,61)(H,52,60)(H,55,56)/t26-,27+,30-,34?,36?/m0/s1. The molecule has 2 aromatic heterocycles. The second-order valence-electron chi connectivity index (χ2n) is 16.3. The van der Waals surface area contributed by atoms with Crippen LogP contribution in [0.15, 0.2) is 87.7 Å². The van der Waals surface area contributed by atoms with Gasteiger partial charge in [-0.2, -0.15) is 19.0 Å². The molecule has 22 heteroatoms. The molecule has 338 valence electrons. The summed E-state index contributed by atoms with van der Waals surface area (Å²) in [4.78, 5) is 46.4. The lowest BCUT2D eigenvalue weighted by molar-refractivity contribution is -0.123. The van der Waals surface area contributed by atoms with Crippen molar-refractivity contribution in [1.29, 1.82) is 0 Å². The van der Waals surface area contributed by atoms with Crippen molar-refractivity contribution in [2.75, 3.05) is 20.4 Å². The first kappa shape index (κ1) is 43.8. The van der Waals surface area contributed by atoms with Gasteiger partial charge in [0.05, 0.1) is 34.8 Å². The van der Waals surface area contributed by atoms with Gasteiger partial charge in [0.2, 0.25) is 15.9 Å². The molecular formula is C43H36ClF6N9O5S. The number of hydrazone groups is 1. The van der Waals surface area contributed by atoms with E-state index in [0.29, 0.717) is 27.4 Å². The number of aromatic nitrogens is 4. The fraction of sp³-hybridized carbons (Fsp3) is 0.302. The molecule has 5 atom stereocenters. The third-order valence-electron chi connectivity index (χ3n) is 11.9. The Kier molecular flexibility index (Phi) is 10.7. The van der Waals surface area contributed by atoms with Crippen molar-refractivity contribution in [3.8, 4) is 11.1 Å². The highest BCUT2D eigenvalue weighted by atomic mass is 35.5. The van der Waals surface area contributed by atoms with Gasteiger partial charge in [-0.1, -0.05) is 29.8 Å². The van der Waals surface area contributed by atoms with Gasteiger partial charge < -0.3 is 10.6 Å². The summed E-state index contributed by atoms with van der Waals surface area (Å²) in [5.74, 6) is -10.3. The number of amides is 2. The van der Waals surface area contributed by atoms with E-state index < -0.39 is 99.7 Å². The van der Waals surface area contributed by atoms with E-state index in [1.54, 1.807) is 36.4 Å². The molecule has 14 nitrogen and oxygen atoms in total. The molecule has 1 aliphatic heterocycles. The van der Waals surface area contributed by atoms with E-state index in [2.05, 4.69) is 25.6 Å². The number of rotatable bonds is 11. The van der Waals surface area contributed by atoms with E-state index in [4.69, 9.17) is 16.6 Å². The first-order valence-corrected chi connectivity index (χ1v) is 22.3. The van der Waals surface area contributed by atoms with Crippen molar-refractivity contribution < 1.29 is 44.3 Å². The lowest BCUT2D eigenvalue weighted by Gasteiger charge is -2.33. The molecule has 4 aliphatic rings. The van der Waals surface area contributed by atoms with Crippen LogP contribution in [-0.4, -0.2) is 76.8 Å². The minimum absolute atomic E-state index is 0.0117. The number of nitrogens with one attached hydrogen (secondary N) is 3. The van der Waals surface area contributed by atoms with E-state index >= 15 is 13.6 Å². The van der Waals surface area contributed by atoms with Gasteiger partial charge in [-0.05, 0) is 77.6 Å². The van der Waals surface area contributed by atoms with E-state index in [9.17, 15) is 35.6 Å². The van der Waals surface area contributed by atoms with Gasteiger partial charge in [0, 0.05) is 48.7 Å². The van der Waals surface area contributed by atoms with Gasteiger partial charge in [0.1, 0.15) is 47.3 Å². The zero-order valence-electron chi connectivity index (χ0n) is 34.3. The Bertz CT molecular complexity index is 3100. The zero-order valence-corrected chi connectivity index (χ0v) is 35.9. The number of fused-ring (bicyclic) bond motifs is 5. The van der Waals surface area contributed by atoms with Crippen LogP contribution in [0.4, 0.5) is 26.3 Å². The van der Waals surface area contributed by atoms with Crippen LogP contribution >= 0.6 is 11.6 Å². The molecule has 3 aromatic carbocycles. The molecule has 0 bridgehead atoms. The summed E-state index contributed by atoms with van der Waals surface area (Å²) in [5.41, 5.74) is -0.987. The number of alkyl halides is 4. The van der Waals surface area contributed by atoms with Crippen LogP contribution in [0.2, 0.25) is 0 Å². The van der Waals surface area contributed by atoms with Crippen LogP contribution in [0, 0.1) is 23.5 Å². The van der Waals surface area contributed by atoms with Gasteiger partial charge in [-0.3, -0.25) is 33.4 Å². The molecule has 3 heterocycles. The van der Waals surface area contributed by atoms with E-state index in [0.717, 1.165) is 23.0 Å². The second kappa shape index (κ2) is 15.9. The van der Waals surface area contributed by atoms with Crippen molar-refractivity contribution in [3.63, 3.8) is 0 Å². The van der Waals surface area contributed by atoms with E-state index in [1.165, 1.54) is 37.3 Å². The number of likely N-dealkylation sites (N-methyl/N-ethyl adjacent to an activating group) is 1. The first-order valence-electron chi connectivity index (χ1n) is 20.0. The predicted octanol–water partition coefficient (Wildman–Crippen LogP) is 5.91. The van der Waals surface area contributed by atoms with Gasteiger partial charge in [-0.15, -0.1) is 0 Å². The maximum Gasteiger partial charge on any atom is 0.293 e. The number of allylic oxidation sites excluding steroid dienone is 2. The number of benzene rings is 3. The van der Waals surface area contributed by atoms with Crippen molar-refractivity contribution in [1.82, 2.24) is 39.7 Å². The van der Waals surface area contributed by atoms with Gasteiger partial charge in [0.25, 0.3) is 23.8 Å². The highest BCUT2D eigenvalue weighted by Crippen LogP contribution is 2.68. The molecule has 9 rings (SSSR count). The first-order chi connectivity index (χ1) is 30.7. The van der Waals surface area contributed by atoms with Crippen molar-refractivity contribution in [2.24, 2.45) is 16.9 Å². The highest BCUT2D eigenvalue weighted by Gasteiger charge is 2.67. The fourth-order valence-corrected chi connectivity index (χ4v) is 9.93. The molecule has 2 unspecified atom stereocenters. The normalized spacial score (nSPS) is 21.0. The minimum atomic E-state index is -3.90. The molecule has 3 aliphatic carbocycles. The van der Waals surface area contributed by atoms with Crippen LogP contribution in [0.25, 0.3) is 27.7 Å². The van der Waals surface area contributed by atoms with Crippen LogP contribution in [0.1, 0.15) is 63.5 Å². The Morgan fingerprint density at radius 2 is 1.69 bits per heavy atom. The van der Waals surface area contributed by atoms with Gasteiger partial charge >= 0.3 is 0 Å². The number of amidine groups is 1. The van der Waals surface area contributed by atoms with Gasteiger partial charge in [0.15, 0.2) is 0 Å². The quantitative estimate of drug-likeness (QED) is 0.137. The van der Waals surface area contributed by atoms with Crippen LogP contribution in [-0.2, 0) is 33.7 Å². The molecule has 3 N–H and O–H groups in total. The number of halogens is 7. The molecule has 5 aromatic rings. The van der Waals surface area contributed by atoms with Crippen molar-refractivity contribution in [2.45, 2.75) is 49.7 Å². The maximum absolute atomic E-state index is 15.6. The fourth-order valence-electron chi connectivity index (χ4n) is 9.10. The molecule has 1 saturated carbocycles.